The van der Waals surface area contributed by atoms with E-state index in [-0.39, 0.29) is 29.2 Å². The maximum absolute atomic E-state index is 5.70. The number of methoxy groups -OCH3 is 4. The topological polar surface area (TPSA) is 43.4 Å². The summed E-state index contributed by atoms with van der Waals surface area (Å²) >= 11 is 0. The Balaban J connectivity index is 0.000000235. The maximum Gasteiger partial charge on any atom is 2.00 e. The number of nitrogens with zero attached hydrogens (tertiary/aromatic N) is 2. The van der Waals surface area contributed by atoms with Crippen molar-refractivity contribution in [1.29, 1.82) is 0 Å². The zero-order valence-corrected chi connectivity index (χ0v) is 48.5. The molecule has 8 rings (SSSR count). The van der Waals surface area contributed by atoms with Crippen molar-refractivity contribution < 1.29 is 36.0 Å². The Hall–Kier alpha value is -5.40. The van der Waals surface area contributed by atoms with Gasteiger partial charge in [0.2, 0.25) is 0 Å². The van der Waals surface area contributed by atoms with Gasteiger partial charge in [0.05, 0.1) is 28.4 Å². The first-order valence-electron chi connectivity index (χ1n) is 24.5. The fourth-order valence-electron chi connectivity index (χ4n) is 10.7. The number of ether oxygens (including phenoxy) is 4. The summed E-state index contributed by atoms with van der Waals surface area (Å²) in [6, 6.07) is 18.7. The summed E-state index contributed by atoms with van der Waals surface area (Å²) in [5, 5.41) is 7.93. The van der Waals surface area contributed by atoms with Gasteiger partial charge in [0, 0.05) is 17.7 Å². The summed E-state index contributed by atoms with van der Waals surface area (Å²) in [6.07, 6.45) is 30.2. The van der Waals surface area contributed by atoms with Crippen LogP contribution in [0.5, 0.6) is 23.0 Å². The molecule has 0 fully saturated rings. The smallest absolute Gasteiger partial charge is 0.496 e. The van der Waals surface area contributed by atoms with Gasteiger partial charge in [-0.3, -0.25) is 4.90 Å². The van der Waals surface area contributed by atoms with Crippen LogP contribution in [0, 0.1) is 81.1 Å². The van der Waals surface area contributed by atoms with Gasteiger partial charge in [0.15, 0.2) is 0 Å². The quantitative estimate of drug-likeness (QED) is 0.0482. The molecule has 0 amide bonds. The second-order valence-corrected chi connectivity index (χ2v) is 23.6. The van der Waals surface area contributed by atoms with Gasteiger partial charge >= 0.3 is 17.1 Å². The molecule has 73 heavy (non-hydrogen) atoms. The van der Waals surface area contributed by atoms with E-state index < -0.39 is 15.8 Å². The van der Waals surface area contributed by atoms with Gasteiger partial charge in [-0.1, -0.05) is 0 Å². The summed E-state index contributed by atoms with van der Waals surface area (Å²) in [6.45, 7) is 17.1. The maximum atomic E-state index is 5.70. The fraction of sp³-hybridized carbons (Fsp3) is 0.281. The molecule has 0 saturated heterocycles. The Labute approximate surface area is 451 Å². The van der Waals surface area contributed by atoms with Crippen LogP contribution in [-0.2, 0) is 17.1 Å². The van der Waals surface area contributed by atoms with Gasteiger partial charge in [-0.15, -0.1) is 35.5 Å². The standard InChI is InChI=1S/2C32H36NO2P.Fe/c2*1-21-17-26(18-22(2)31(21)34-7)36(27-19-23(3)32(35-8)24(4)20-27)29-16-12-15-28(29)30(33(5)6)25-13-10-9-11-14-25;/h9-11,13-20,30H,1-8H3;9-14,16-20,30H,1-8H3;/q2*-1;+2/t2*30-;/m00./s1. The fourth-order valence-corrected chi connectivity index (χ4v) is 16.3. The van der Waals surface area contributed by atoms with Crippen LogP contribution in [0.1, 0.15) is 44.5 Å². The number of hydrogen-bond donors (Lipinski definition) is 0. The predicted molar refractivity (Wildman–Crippen MR) is 308 cm³/mol. The van der Waals surface area contributed by atoms with Crippen molar-refractivity contribution in [2.45, 2.75) is 67.5 Å². The van der Waals surface area contributed by atoms with Crippen molar-refractivity contribution in [3.05, 3.63) is 224 Å². The largest absolute Gasteiger partial charge is 2.00 e. The van der Waals surface area contributed by atoms with Crippen LogP contribution in [-0.4, -0.2) is 78.5 Å². The predicted octanol–water partition coefficient (Wildman–Crippen LogP) is 12.4. The molecule has 9 heteroatoms. The van der Waals surface area contributed by atoms with Crippen molar-refractivity contribution in [3.63, 3.8) is 0 Å². The van der Waals surface area contributed by atoms with E-state index in [1.807, 2.05) is 0 Å². The second kappa shape index (κ2) is 25.2. The normalized spacial score (nSPS) is 15.3. The van der Waals surface area contributed by atoms with Crippen molar-refractivity contribution in [3.8, 4) is 23.0 Å². The second-order valence-electron chi connectivity index (χ2n) is 19.2. The molecule has 0 aliphatic heterocycles. The zero-order chi connectivity index (χ0) is 52.0. The molecule has 0 N–H and O–H groups in total. The summed E-state index contributed by atoms with van der Waals surface area (Å²) < 4.78 is 22.8. The first-order chi connectivity index (χ1) is 34.5. The van der Waals surface area contributed by atoms with Gasteiger partial charge in [0.25, 0.3) is 0 Å². The van der Waals surface area contributed by atoms with Crippen molar-refractivity contribution >= 4 is 37.1 Å². The van der Waals surface area contributed by atoms with Crippen molar-refractivity contribution in [2.75, 3.05) is 56.6 Å². The minimum absolute atomic E-state index is 0. The number of hydrogen-bond acceptors (Lipinski definition) is 6. The summed E-state index contributed by atoms with van der Waals surface area (Å²) in [5.41, 5.74) is 21.5. The van der Waals surface area contributed by atoms with E-state index in [0.29, 0.717) is 0 Å². The van der Waals surface area contributed by atoms with E-state index in [0.717, 1.165) is 67.5 Å². The van der Waals surface area contributed by atoms with Gasteiger partial charge in [0.1, 0.15) is 23.0 Å². The third-order valence-corrected chi connectivity index (χ3v) is 18.3. The molecule has 0 aromatic heterocycles. The van der Waals surface area contributed by atoms with E-state index in [4.69, 9.17) is 18.9 Å². The van der Waals surface area contributed by atoms with Gasteiger partial charge in [-0.05, 0) is 254 Å². The number of rotatable bonds is 16. The van der Waals surface area contributed by atoms with E-state index in [1.165, 1.54) is 54.1 Å². The molecule has 0 heterocycles. The molecular weight excluding hydrogens is 979 g/mol. The Morgan fingerprint density at radius 2 is 0.836 bits per heavy atom. The Kier molecular flexibility index (Phi) is 19.7. The van der Waals surface area contributed by atoms with Crippen LogP contribution < -0.4 is 40.2 Å². The Bertz CT molecular complexity index is 2850. The van der Waals surface area contributed by atoms with Crippen molar-refractivity contribution in [2.24, 2.45) is 0 Å². The molecule has 0 bridgehead atoms. The number of aryl methyl sites for hydroxylation is 8. The molecule has 2 radical (unpaired) electrons. The number of likely N-dealkylation sites (N-methyl/N-ethyl adjacent to an activating group) is 2. The molecule has 4 aromatic carbocycles. The van der Waals surface area contributed by atoms with E-state index >= 15 is 0 Å². The van der Waals surface area contributed by atoms with Gasteiger partial charge in [-0.25, -0.2) is 0 Å². The minimum atomic E-state index is -0.846. The van der Waals surface area contributed by atoms with Crippen LogP contribution in [0.25, 0.3) is 0 Å². The van der Waals surface area contributed by atoms with Crippen LogP contribution in [0.2, 0.25) is 0 Å². The molecular formula is C64H72FeN2O4P2. The summed E-state index contributed by atoms with van der Waals surface area (Å²) in [7, 11) is 13.9. The molecule has 2 atom stereocenters. The first-order valence-corrected chi connectivity index (χ1v) is 27.2. The average molecular weight is 1050 g/mol. The molecule has 4 aliphatic rings. The average Bonchev–Trinajstić information content (AvgIpc) is 4.00. The van der Waals surface area contributed by atoms with Crippen LogP contribution in [0.3, 0.4) is 0 Å². The SMILES string of the molecule is COc1c(C)cc(P(C2=C([C@H](C3=C[CH]C=C[CH-]3)N(C)C)C=C=C2)c2cc(C)c(OC)c(C)c2)cc1C.COc1c(C)cc(P(C2=CC=C=C2[C@H](C2=C[CH]C=C[CH-]2)N(C)C)c2cc(C)c(OC)c(C)c2)cc1C.[Fe+2]. The number of benzene rings is 4. The van der Waals surface area contributed by atoms with Crippen LogP contribution >= 0.6 is 15.8 Å². The van der Waals surface area contributed by atoms with E-state index in [1.54, 1.807) is 28.4 Å². The third-order valence-electron chi connectivity index (χ3n) is 13.5. The van der Waals surface area contributed by atoms with Gasteiger partial charge in [-0.2, -0.15) is 49.3 Å². The van der Waals surface area contributed by atoms with Crippen LogP contribution in [0.4, 0.5) is 0 Å². The first kappa shape index (κ1) is 56.9. The van der Waals surface area contributed by atoms with Gasteiger partial charge < -0.3 is 23.8 Å². The molecule has 380 valence electrons. The summed E-state index contributed by atoms with van der Waals surface area (Å²) in [4.78, 5) is 4.58. The molecule has 6 nitrogen and oxygen atoms in total. The monoisotopic (exact) mass is 1050 g/mol. The molecule has 4 aliphatic carbocycles. The minimum Gasteiger partial charge on any atom is -0.496 e. The Morgan fingerprint density at radius 3 is 1.16 bits per heavy atom. The zero-order valence-electron chi connectivity index (χ0n) is 45.6. The molecule has 0 saturated carbocycles. The Morgan fingerprint density at radius 1 is 0.479 bits per heavy atom. The van der Waals surface area contributed by atoms with Crippen molar-refractivity contribution in [1.82, 2.24) is 9.80 Å². The molecule has 0 unspecified atom stereocenters. The number of allylic oxidation sites excluding steroid dienone is 8. The molecule has 0 spiro atoms. The molecule has 4 aromatic rings. The van der Waals surface area contributed by atoms with E-state index in [2.05, 4.69) is 240 Å². The van der Waals surface area contributed by atoms with E-state index in [9.17, 15) is 0 Å². The van der Waals surface area contributed by atoms with Crippen LogP contribution in [0.15, 0.2) is 154 Å². The third kappa shape index (κ3) is 12.3. The summed E-state index contributed by atoms with van der Waals surface area (Å²) in [5.74, 6) is 3.84.